The molecule has 0 bridgehead atoms. The van der Waals surface area contributed by atoms with Gasteiger partial charge in [0.15, 0.2) is 0 Å². The number of aromatic nitrogens is 2. The van der Waals surface area contributed by atoms with Crippen molar-refractivity contribution in [3.63, 3.8) is 0 Å². The van der Waals surface area contributed by atoms with Gasteiger partial charge in [-0.2, -0.15) is 0 Å². The first-order chi connectivity index (χ1) is 9.22. The second-order valence-corrected chi connectivity index (χ2v) is 5.02. The number of pyridine rings is 1. The minimum Gasteiger partial charge on any atom is -0.494 e. The van der Waals surface area contributed by atoms with Gasteiger partial charge in [0.25, 0.3) is 5.91 Å². The molecule has 0 fully saturated rings. The highest BCUT2D eigenvalue weighted by Crippen LogP contribution is 2.37. The van der Waals surface area contributed by atoms with Crippen molar-refractivity contribution < 1.29 is 9.53 Å². The van der Waals surface area contributed by atoms with E-state index in [1.54, 1.807) is 19.5 Å². The molecule has 6 heteroatoms. The highest BCUT2D eigenvalue weighted by molar-refractivity contribution is 9.10. The lowest BCUT2D eigenvalue weighted by Gasteiger charge is -2.15. The number of ether oxygens (including phenoxy) is 1. The number of amides is 1. The molecule has 0 aliphatic carbocycles. The lowest BCUT2D eigenvalue weighted by molar-refractivity contribution is 0.0927. The van der Waals surface area contributed by atoms with E-state index in [2.05, 4.69) is 26.2 Å². The van der Waals surface area contributed by atoms with Crippen molar-refractivity contribution in [2.45, 2.75) is 6.54 Å². The van der Waals surface area contributed by atoms with Gasteiger partial charge < -0.3 is 14.6 Å². The number of hydrogen-bond donors (Lipinski definition) is 1. The van der Waals surface area contributed by atoms with Crippen molar-refractivity contribution in [3.05, 3.63) is 34.8 Å². The minimum absolute atomic E-state index is 0.0580. The van der Waals surface area contributed by atoms with Crippen LogP contribution in [0.3, 0.4) is 0 Å². The predicted octanol–water partition coefficient (Wildman–Crippen LogP) is 2.06. The molecule has 19 heavy (non-hydrogen) atoms. The van der Waals surface area contributed by atoms with Crippen molar-refractivity contribution in [2.24, 2.45) is 0 Å². The summed E-state index contributed by atoms with van der Waals surface area (Å²) in [6.45, 7) is 1.42. The molecule has 1 amide bonds. The quantitative estimate of drug-likeness (QED) is 0.921. The molecule has 1 aliphatic rings. The van der Waals surface area contributed by atoms with Gasteiger partial charge in [-0.1, -0.05) is 0 Å². The van der Waals surface area contributed by atoms with Crippen molar-refractivity contribution in [1.29, 1.82) is 0 Å². The number of methoxy groups -OCH3 is 1. The Bertz CT molecular complexity index is 651. The Morgan fingerprint density at radius 2 is 2.32 bits per heavy atom. The first kappa shape index (κ1) is 12.2. The van der Waals surface area contributed by atoms with Gasteiger partial charge in [-0.3, -0.25) is 9.78 Å². The second kappa shape index (κ2) is 4.70. The fourth-order valence-corrected chi connectivity index (χ4v) is 2.99. The van der Waals surface area contributed by atoms with Gasteiger partial charge in [-0.15, -0.1) is 0 Å². The van der Waals surface area contributed by atoms with E-state index in [1.807, 2.05) is 16.8 Å². The number of nitrogens with one attached hydrogen (secondary N) is 1. The molecule has 3 rings (SSSR count). The number of nitrogens with zero attached hydrogens (tertiary/aromatic N) is 2. The molecule has 2 aromatic rings. The van der Waals surface area contributed by atoms with Crippen molar-refractivity contribution >= 4 is 21.8 Å². The number of carbonyl (C=O) groups is 1. The van der Waals surface area contributed by atoms with E-state index in [0.29, 0.717) is 18.0 Å². The first-order valence-corrected chi connectivity index (χ1v) is 6.67. The van der Waals surface area contributed by atoms with Crippen LogP contribution in [0.15, 0.2) is 29.1 Å². The second-order valence-electron chi connectivity index (χ2n) is 4.23. The molecule has 0 unspecified atom stereocenters. The number of halogens is 1. The zero-order valence-electron chi connectivity index (χ0n) is 10.3. The van der Waals surface area contributed by atoms with Crippen molar-refractivity contribution in [2.75, 3.05) is 13.7 Å². The highest BCUT2D eigenvalue weighted by Gasteiger charge is 2.24. The van der Waals surface area contributed by atoms with Crippen LogP contribution in [0, 0.1) is 0 Å². The summed E-state index contributed by atoms with van der Waals surface area (Å²) in [7, 11) is 1.61. The Balaban J connectivity index is 2.19. The third-order valence-electron chi connectivity index (χ3n) is 3.16. The molecule has 0 saturated carbocycles. The maximum Gasteiger partial charge on any atom is 0.269 e. The molecular weight excluding hydrogens is 310 g/mol. The van der Waals surface area contributed by atoms with E-state index in [-0.39, 0.29) is 5.91 Å². The zero-order chi connectivity index (χ0) is 13.4. The minimum atomic E-state index is -0.0580. The molecule has 0 spiro atoms. The number of hydrogen-bond acceptors (Lipinski definition) is 3. The Morgan fingerprint density at radius 3 is 3.05 bits per heavy atom. The van der Waals surface area contributed by atoms with E-state index in [0.717, 1.165) is 22.1 Å². The van der Waals surface area contributed by atoms with Crippen LogP contribution in [0.4, 0.5) is 0 Å². The number of rotatable bonds is 2. The zero-order valence-corrected chi connectivity index (χ0v) is 11.9. The molecule has 0 radical (unpaired) electrons. The van der Waals surface area contributed by atoms with Gasteiger partial charge in [0.2, 0.25) is 0 Å². The van der Waals surface area contributed by atoms with E-state index in [4.69, 9.17) is 4.74 Å². The molecule has 0 aromatic carbocycles. The maximum atomic E-state index is 11.9. The maximum absolute atomic E-state index is 11.9. The summed E-state index contributed by atoms with van der Waals surface area (Å²) in [5, 5.41) is 2.84. The summed E-state index contributed by atoms with van der Waals surface area (Å²) in [5.41, 5.74) is 2.51. The Morgan fingerprint density at radius 1 is 1.47 bits per heavy atom. The summed E-state index contributed by atoms with van der Waals surface area (Å²) in [6, 6.07) is 1.88. The van der Waals surface area contributed by atoms with Crippen LogP contribution in [0.25, 0.3) is 11.1 Å². The van der Waals surface area contributed by atoms with Gasteiger partial charge in [0.05, 0.1) is 17.8 Å². The molecule has 1 N–H and O–H groups in total. The van der Waals surface area contributed by atoms with Crippen LogP contribution in [-0.4, -0.2) is 29.1 Å². The molecule has 5 nitrogen and oxygen atoms in total. The fraction of sp³-hybridized carbons (Fsp3) is 0.231. The summed E-state index contributed by atoms with van der Waals surface area (Å²) < 4.78 is 8.06. The van der Waals surface area contributed by atoms with E-state index in [9.17, 15) is 4.79 Å². The average molecular weight is 322 g/mol. The van der Waals surface area contributed by atoms with Gasteiger partial charge >= 0.3 is 0 Å². The van der Waals surface area contributed by atoms with Crippen molar-refractivity contribution in [3.8, 4) is 16.9 Å². The predicted molar refractivity (Wildman–Crippen MR) is 74.2 cm³/mol. The topological polar surface area (TPSA) is 56.2 Å². The Hall–Kier alpha value is -1.82. The van der Waals surface area contributed by atoms with Crippen LogP contribution in [0.2, 0.25) is 0 Å². The van der Waals surface area contributed by atoms with Crippen molar-refractivity contribution in [1.82, 2.24) is 14.9 Å². The van der Waals surface area contributed by atoms with Gasteiger partial charge in [-0.25, -0.2) is 0 Å². The summed E-state index contributed by atoms with van der Waals surface area (Å²) >= 11 is 3.52. The van der Waals surface area contributed by atoms with E-state index in [1.165, 1.54) is 0 Å². The molecule has 0 atom stereocenters. The SMILES string of the molecule is COc1cnccc1-c1cn2c(c1Br)C(=O)NCC2. The molecule has 1 aliphatic heterocycles. The Kier molecular flexibility index (Phi) is 3.02. The van der Waals surface area contributed by atoms with Gasteiger partial charge in [0, 0.05) is 36.6 Å². The van der Waals surface area contributed by atoms with Crippen LogP contribution in [0.5, 0.6) is 5.75 Å². The highest BCUT2D eigenvalue weighted by atomic mass is 79.9. The fourth-order valence-electron chi connectivity index (χ4n) is 2.26. The molecule has 0 saturated heterocycles. The third kappa shape index (κ3) is 1.92. The van der Waals surface area contributed by atoms with Gasteiger partial charge in [-0.05, 0) is 22.0 Å². The third-order valence-corrected chi connectivity index (χ3v) is 3.97. The average Bonchev–Trinajstić information content (AvgIpc) is 2.77. The largest absolute Gasteiger partial charge is 0.494 e. The molecule has 3 heterocycles. The molecule has 98 valence electrons. The van der Waals surface area contributed by atoms with Gasteiger partial charge in [0.1, 0.15) is 11.4 Å². The number of carbonyl (C=O) groups excluding carboxylic acids is 1. The summed E-state index contributed by atoms with van der Waals surface area (Å²) in [5.74, 6) is 0.629. The first-order valence-electron chi connectivity index (χ1n) is 5.87. The number of fused-ring (bicyclic) bond motifs is 1. The van der Waals surface area contributed by atoms with E-state index < -0.39 is 0 Å². The normalized spacial score (nSPS) is 13.9. The summed E-state index contributed by atoms with van der Waals surface area (Å²) in [6.07, 6.45) is 5.34. The molecule has 2 aromatic heterocycles. The lowest BCUT2D eigenvalue weighted by Crippen LogP contribution is -2.34. The Labute approximate surface area is 118 Å². The summed E-state index contributed by atoms with van der Waals surface area (Å²) in [4.78, 5) is 15.9. The van der Waals surface area contributed by atoms with Crippen LogP contribution >= 0.6 is 15.9 Å². The van der Waals surface area contributed by atoms with E-state index >= 15 is 0 Å². The monoisotopic (exact) mass is 321 g/mol. The van der Waals surface area contributed by atoms with Crippen LogP contribution in [-0.2, 0) is 6.54 Å². The lowest BCUT2D eigenvalue weighted by atomic mass is 10.1. The van der Waals surface area contributed by atoms with Crippen LogP contribution in [0.1, 0.15) is 10.5 Å². The molecular formula is C13H12BrN3O2. The van der Waals surface area contributed by atoms with Crippen LogP contribution < -0.4 is 10.1 Å². The smallest absolute Gasteiger partial charge is 0.269 e. The standard InChI is InChI=1S/C13H12BrN3O2/c1-19-10-6-15-3-2-8(10)9-7-17-5-4-16-13(18)12(17)11(9)14/h2-3,6-7H,4-5H2,1H3,(H,16,18).